The summed E-state index contributed by atoms with van der Waals surface area (Å²) in [5.74, 6) is -0.206. The second-order valence-corrected chi connectivity index (χ2v) is 7.12. The SMILES string of the molecule is CS(=O)(=O)CCCC(=O)Nc1ccc(SC#N)cc1. The molecule has 0 radical (unpaired) electrons. The third-order valence-electron chi connectivity index (χ3n) is 2.22. The molecule has 0 unspecified atom stereocenters. The van der Waals surface area contributed by atoms with E-state index in [2.05, 4.69) is 5.32 Å². The minimum absolute atomic E-state index is 0.0121. The van der Waals surface area contributed by atoms with Gasteiger partial charge < -0.3 is 5.32 Å². The number of hydrogen-bond donors (Lipinski definition) is 1. The molecule has 1 rings (SSSR count). The Morgan fingerprint density at radius 2 is 2.00 bits per heavy atom. The van der Waals surface area contributed by atoms with Crippen molar-refractivity contribution in [2.45, 2.75) is 17.7 Å². The maximum atomic E-state index is 11.5. The highest BCUT2D eigenvalue weighted by molar-refractivity contribution is 8.03. The van der Waals surface area contributed by atoms with Crippen LogP contribution in [0.3, 0.4) is 0 Å². The number of hydrogen-bond acceptors (Lipinski definition) is 5. The van der Waals surface area contributed by atoms with E-state index in [1.807, 2.05) is 5.40 Å². The van der Waals surface area contributed by atoms with Crippen molar-refractivity contribution in [3.63, 3.8) is 0 Å². The predicted octanol–water partition coefficient (Wildman–Crippen LogP) is 2.02. The van der Waals surface area contributed by atoms with Crippen molar-refractivity contribution in [3.05, 3.63) is 24.3 Å². The van der Waals surface area contributed by atoms with Crippen molar-refractivity contribution in [1.82, 2.24) is 0 Å². The van der Waals surface area contributed by atoms with Crippen LogP contribution >= 0.6 is 11.8 Å². The molecule has 0 saturated carbocycles. The van der Waals surface area contributed by atoms with E-state index in [9.17, 15) is 13.2 Å². The first-order chi connectivity index (χ1) is 8.90. The lowest BCUT2D eigenvalue weighted by Gasteiger charge is -2.05. The summed E-state index contributed by atoms with van der Waals surface area (Å²) >= 11 is 1.05. The Balaban J connectivity index is 2.42. The molecule has 0 heterocycles. The summed E-state index contributed by atoms with van der Waals surface area (Å²) < 4.78 is 21.8. The molecule has 0 fully saturated rings. The van der Waals surface area contributed by atoms with Crippen LogP contribution in [0.25, 0.3) is 0 Å². The van der Waals surface area contributed by atoms with Crippen LogP contribution in [-0.2, 0) is 14.6 Å². The van der Waals surface area contributed by atoms with Gasteiger partial charge >= 0.3 is 0 Å². The second kappa shape index (κ2) is 7.16. The molecular formula is C12H14N2O3S2. The quantitative estimate of drug-likeness (QED) is 0.641. The van der Waals surface area contributed by atoms with Crippen molar-refractivity contribution < 1.29 is 13.2 Å². The molecular weight excluding hydrogens is 284 g/mol. The van der Waals surface area contributed by atoms with Crippen LogP contribution in [0, 0.1) is 10.7 Å². The van der Waals surface area contributed by atoms with Crippen LogP contribution in [0.1, 0.15) is 12.8 Å². The molecule has 0 bridgehead atoms. The van der Waals surface area contributed by atoms with Gasteiger partial charge in [0.05, 0.1) is 5.75 Å². The van der Waals surface area contributed by atoms with Gasteiger partial charge in [-0.05, 0) is 42.4 Å². The predicted molar refractivity (Wildman–Crippen MR) is 75.5 cm³/mol. The molecule has 0 aliphatic rings. The van der Waals surface area contributed by atoms with Crippen molar-refractivity contribution in [2.75, 3.05) is 17.3 Å². The number of amides is 1. The van der Waals surface area contributed by atoms with E-state index in [1.54, 1.807) is 24.3 Å². The number of benzene rings is 1. The third kappa shape index (κ3) is 6.84. The van der Waals surface area contributed by atoms with Crippen LogP contribution in [0.4, 0.5) is 5.69 Å². The monoisotopic (exact) mass is 298 g/mol. The number of sulfone groups is 1. The number of nitrogens with one attached hydrogen (secondary N) is 1. The highest BCUT2D eigenvalue weighted by atomic mass is 32.2. The van der Waals surface area contributed by atoms with Crippen LogP contribution in [0.2, 0.25) is 0 Å². The van der Waals surface area contributed by atoms with Gasteiger partial charge in [0.25, 0.3) is 0 Å². The van der Waals surface area contributed by atoms with Crippen LogP contribution < -0.4 is 5.32 Å². The Labute approximate surface area is 116 Å². The molecule has 0 aromatic heterocycles. The topological polar surface area (TPSA) is 87.0 Å². The maximum Gasteiger partial charge on any atom is 0.224 e. The van der Waals surface area contributed by atoms with Gasteiger partial charge in [-0.25, -0.2) is 8.42 Å². The number of nitrogens with zero attached hydrogens (tertiary/aromatic N) is 1. The van der Waals surface area contributed by atoms with E-state index in [-0.39, 0.29) is 18.1 Å². The first-order valence-electron chi connectivity index (χ1n) is 5.54. The fourth-order valence-electron chi connectivity index (χ4n) is 1.38. The van der Waals surface area contributed by atoms with Crippen LogP contribution in [0.5, 0.6) is 0 Å². The minimum atomic E-state index is -3.02. The molecule has 1 aromatic rings. The lowest BCUT2D eigenvalue weighted by atomic mass is 10.3. The summed E-state index contributed by atoms with van der Waals surface area (Å²) in [5.41, 5.74) is 0.631. The summed E-state index contributed by atoms with van der Waals surface area (Å²) in [6.45, 7) is 0. The zero-order chi connectivity index (χ0) is 14.3. The van der Waals surface area contributed by atoms with Gasteiger partial charge in [-0.1, -0.05) is 0 Å². The largest absolute Gasteiger partial charge is 0.326 e. The van der Waals surface area contributed by atoms with E-state index >= 15 is 0 Å². The molecule has 0 atom stereocenters. The first-order valence-corrected chi connectivity index (χ1v) is 8.42. The zero-order valence-electron chi connectivity index (χ0n) is 10.4. The fraction of sp³-hybridized carbons (Fsp3) is 0.333. The average molecular weight is 298 g/mol. The molecule has 0 aliphatic heterocycles. The molecule has 1 amide bonds. The van der Waals surface area contributed by atoms with Crippen LogP contribution in [0.15, 0.2) is 29.2 Å². The number of thioether (sulfide) groups is 1. The summed E-state index contributed by atoms with van der Waals surface area (Å²) in [4.78, 5) is 12.3. The molecule has 0 aliphatic carbocycles. The van der Waals surface area contributed by atoms with Crippen molar-refractivity contribution >= 4 is 33.2 Å². The normalized spacial score (nSPS) is 10.7. The number of carbonyl (C=O) groups excluding carboxylic acids is 1. The molecule has 0 spiro atoms. The van der Waals surface area contributed by atoms with Crippen LogP contribution in [-0.4, -0.2) is 26.3 Å². The number of anilines is 1. The Kier molecular flexibility index (Phi) is 5.86. The first kappa shape index (κ1) is 15.5. The Bertz CT molecular complexity index is 574. The van der Waals surface area contributed by atoms with E-state index in [1.165, 1.54) is 0 Å². The molecule has 5 nitrogen and oxygen atoms in total. The van der Waals surface area contributed by atoms with Crippen molar-refractivity contribution in [1.29, 1.82) is 5.26 Å². The van der Waals surface area contributed by atoms with E-state index in [0.717, 1.165) is 22.9 Å². The van der Waals surface area contributed by atoms with Crippen molar-refractivity contribution in [3.8, 4) is 5.40 Å². The molecule has 7 heteroatoms. The Morgan fingerprint density at radius 1 is 1.37 bits per heavy atom. The summed E-state index contributed by atoms with van der Waals surface area (Å²) in [7, 11) is -3.02. The molecule has 1 aromatic carbocycles. The van der Waals surface area contributed by atoms with Gasteiger partial charge in [0, 0.05) is 23.3 Å². The fourth-order valence-corrected chi connectivity index (χ4v) is 2.42. The third-order valence-corrected chi connectivity index (χ3v) is 3.85. The Hall–Kier alpha value is -1.52. The summed E-state index contributed by atoms with van der Waals surface area (Å²) in [6, 6.07) is 6.88. The molecule has 1 N–H and O–H groups in total. The standard InChI is InChI=1S/C12H14N2O3S2/c1-19(16,17)8-2-3-12(15)14-10-4-6-11(7-5-10)18-9-13/h4-7H,2-3,8H2,1H3,(H,14,15). The molecule has 102 valence electrons. The highest BCUT2D eigenvalue weighted by Gasteiger charge is 2.06. The summed E-state index contributed by atoms with van der Waals surface area (Å²) in [5, 5.41) is 13.1. The zero-order valence-corrected chi connectivity index (χ0v) is 12.1. The van der Waals surface area contributed by atoms with Gasteiger partial charge in [-0.15, -0.1) is 0 Å². The van der Waals surface area contributed by atoms with Gasteiger partial charge in [-0.3, -0.25) is 4.79 Å². The number of rotatable bonds is 6. The lowest BCUT2D eigenvalue weighted by Crippen LogP contribution is -2.13. The Morgan fingerprint density at radius 3 is 2.53 bits per heavy atom. The van der Waals surface area contributed by atoms with Gasteiger partial charge in [-0.2, -0.15) is 5.26 Å². The maximum absolute atomic E-state index is 11.5. The minimum Gasteiger partial charge on any atom is -0.326 e. The van der Waals surface area contributed by atoms with Crippen molar-refractivity contribution in [2.24, 2.45) is 0 Å². The smallest absolute Gasteiger partial charge is 0.224 e. The summed E-state index contributed by atoms with van der Waals surface area (Å²) in [6.07, 6.45) is 1.63. The van der Waals surface area contributed by atoms with Gasteiger partial charge in [0.1, 0.15) is 15.2 Å². The van der Waals surface area contributed by atoms with Gasteiger partial charge in [0.2, 0.25) is 5.91 Å². The number of thiocyanates is 1. The van der Waals surface area contributed by atoms with E-state index in [4.69, 9.17) is 5.26 Å². The van der Waals surface area contributed by atoms with E-state index in [0.29, 0.717) is 12.1 Å². The van der Waals surface area contributed by atoms with E-state index < -0.39 is 9.84 Å². The van der Waals surface area contributed by atoms with Gasteiger partial charge in [0.15, 0.2) is 0 Å². The number of carbonyl (C=O) groups is 1. The molecule has 0 saturated heterocycles. The number of nitriles is 1. The lowest BCUT2D eigenvalue weighted by molar-refractivity contribution is -0.116. The highest BCUT2D eigenvalue weighted by Crippen LogP contribution is 2.19. The average Bonchev–Trinajstić information content (AvgIpc) is 2.30. The molecule has 19 heavy (non-hydrogen) atoms. The second-order valence-electron chi connectivity index (χ2n) is 4.00.